The fourth-order valence-corrected chi connectivity index (χ4v) is 3.74. The zero-order valence-corrected chi connectivity index (χ0v) is 18.6. The molecule has 0 saturated heterocycles. The molecular weight excluding hydrogens is 412 g/mol. The number of H-pyrrole nitrogens is 1. The summed E-state index contributed by atoms with van der Waals surface area (Å²) in [6.07, 6.45) is 0. The first kappa shape index (κ1) is 21.8. The Morgan fingerprint density at radius 2 is 2.00 bits per heavy atom. The second-order valence-corrected chi connectivity index (χ2v) is 8.55. The van der Waals surface area contributed by atoms with E-state index in [0.29, 0.717) is 36.0 Å². The molecule has 1 aromatic carbocycles. The highest BCUT2D eigenvalue weighted by Gasteiger charge is 2.28. The number of nitrogens with zero attached hydrogens (tertiary/aromatic N) is 2. The lowest BCUT2D eigenvalue weighted by atomic mass is 10.0. The molecule has 32 heavy (non-hydrogen) atoms. The number of aromatic amines is 1. The van der Waals surface area contributed by atoms with E-state index < -0.39 is 5.92 Å². The number of carbonyl (C=O) groups is 1. The zero-order chi connectivity index (χ0) is 23.0. The molecule has 1 aliphatic rings. The van der Waals surface area contributed by atoms with Crippen molar-refractivity contribution < 1.29 is 13.6 Å². The van der Waals surface area contributed by atoms with E-state index in [1.54, 1.807) is 23.1 Å². The lowest BCUT2D eigenvalue weighted by Crippen LogP contribution is -2.38. The Kier molecular flexibility index (Phi) is 5.62. The molecule has 8 heteroatoms. The fraction of sp³-hybridized carbons (Fsp3) is 0.333. The highest BCUT2D eigenvalue weighted by atomic mass is 19.3. The summed E-state index contributed by atoms with van der Waals surface area (Å²) in [4.78, 5) is 22.7. The van der Waals surface area contributed by atoms with Gasteiger partial charge in [0, 0.05) is 36.8 Å². The summed E-state index contributed by atoms with van der Waals surface area (Å²) in [5.74, 6) is -1.67. The van der Waals surface area contributed by atoms with Gasteiger partial charge >= 0.3 is 6.03 Å². The second kappa shape index (κ2) is 8.26. The zero-order valence-electron chi connectivity index (χ0n) is 18.6. The summed E-state index contributed by atoms with van der Waals surface area (Å²) in [5.41, 5.74) is 3.78. The number of halogens is 2. The minimum Gasteiger partial charge on any atom is -0.382 e. The van der Waals surface area contributed by atoms with Gasteiger partial charge in [-0.2, -0.15) is 0 Å². The first-order chi connectivity index (χ1) is 15.1. The largest absolute Gasteiger partial charge is 0.382 e. The number of pyridine rings is 1. The van der Waals surface area contributed by atoms with E-state index in [9.17, 15) is 13.6 Å². The van der Waals surface area contributed by atoms with Gasteiger partial charge in [-0.05, 0) is 49.6 Å². The van der Waals surface area contributed by atoms with E-state index in [0.717, 1.165) is 23.9 Å². The standard InChI is InChI=1S/C24H27F2N5O/c1-14-12-27-20-9-8-19(17-6-5-7-18(11-17)24(4,25)26)29-22(20)31(13-14)23(32)30-21-10-15(2)16(3)28-21/h5-11,14,27-28H,12-13H2,1-4H3,(H,30,32)/t14-/m1/s1. The number of nitrogens with one attached hydrogen (secondary N) is 3. The van der Waals surface area contributed by atoms with Crippen LogP contribution in [0.25, 0.3) is 11.3 Å². The monoisotopic (exact) mass is 439 g/mol. The Morgan fingerprint density at radius 1 is 1.22 bits per heavy atom. The number of benzene rings is 1. The quantitative estimate of drug-likeness (QED) is 0.475. The summed E-state index contributed by atoms with van der Waals surface area (Å²) in [7, 11) is 0. The summed E-state index contributed by atoms with van der Waals surface area (Å²) < 4.78 is 27.7. The van der Waals surface area contributed by atoms with Crippen molar-refractivity contribution in [1.29, 1.82) is 0 Å². The first-order valence-electron chi connectivity index (χ1n) is 10.6. The van der Waals surface area contributed by atoms with Crippen LogP contribution in [-0.2, 0) is 5.92 Å². The molecule has 0 saturated carbocycles. The van der Waals surface area contributed by atoms with E-state index in [1.165, 1.54) is 12.1 Å². The third kappa shape index (κ3) is 4.44. The third-order valence-electron chi connectivity index (χ3n) is 5.69. The van der Waals surface area contributed by atoms with Crippen LogP contribution in [0.15, 0.2) is 42.5 Å². The summed E-state index contributed by atoms with van der Waals surface area (Å²) >= 11 is 0. The molecule has 3 aromatic rings. The molecule has 0 bridgehead atoms. The number of aryl methyl sites for hydroxylation is 2. The molecule has 0 spiro atoms. The normalized spacial score (nSPS) is 16.2. The Morgan fingerprint density at radius 3 is 2.69 bits per heavy atom. The molecule has 0 unspecified atom stereocenters. The maximum Gasteiger partial charge on any atom is 0.328 e. The van der Waals surface area contributed by atoms with Crippen LogP contribution in [-0.4, -0.2) is 29.1 Å². The molecule has 2 aromatic heterocycles. The predicted octanol–water partition coefficient (Wildman–Crippen LogP) is 5.91. The molecule has 0 aliphatic carbocycles. The van der Waals surface area contributed by atoms with Crippen molar-refractivity contribution in [3.05, 3.63) is 59.3 Å². The molecule has 3 heterocycles. The molecule has 3 N–H and O–H groups in total. The number of hydrogen-bond acceptors (Lipinski definition) is 3. The molecule has 1 aliphatic heterocycles. The lowest BCUT2D eigenvalue weighted by Gasteiger charge is -2.23. The van der Waals surface area contributed by atoms with Crippen molar-refractivity contribution >= 4 is 23.4 Å². The SMILES string of the molecule is Cc1cc(NC(=O)N2C[C@H](C)CNc3ccc(-c4cccc(C(C)(F)F)c4)nc32)[nH]c1C. The summed E-state index contributed by atoms with van der Waals surface area (Å²) in [6, 6.07) is 11.4. The number of aromatic nitrogens is 2. The van der Waals surface area contributed by atoms with Crippen LogP contribution in [0.4, 0.5) is 30.9 Å². The van der Waals surface area contributed by atoms with Gasteiger partial charge in [0.15, 0.2) is 5.82 Å². The number of amides is 2. The van der Waals surface area contributed by atoms with Crippen LogP contribution in [0.1, 0.15) is 30.7 Å². The van der Waals surface area contributed by atoms with Gasteiger partial charge < -0.3 is 10.3 Å². The van der Waals surface area contributed by atoms with Gasteiger partial charge in [-0.3, -0.25) is 10.2 Å². The number of alkyl halides is 2. The molecular formula is C24H27F2N5O. The van der Waals surface area contributed by atoms with Crippen LogP contribution >= 0.6 is 0 Å². The van der Waals surface area contributed by atoms with Gasteiger partial charge in [0.2, 0.25) is 0 Å². The van der Waals surface area contributed by atoms with E-state index >= 15 is 0 Å². The lowest BCUT2D eigenvalue weighted by molar-refractivity contribution is 0.0175. The van der Waals surface area contributed by atoms with Crippen LogP contribution in [0.5, 0.6) is 0 Å². The first-order valence-corrected chi connectivity index (χ1v) is 10.6. The number of anilines is 3. The van der Waals surface area contributed by atoms with E-state index in [-0.39, 0.29) is 17.5 Å². The van der Waals surface area contributed by atoms with E-state index in [2.05, 4.69) is 22.5 Å². The number of carbonyl (C=O) groups excluding carboxylic acids is 1. The topological polar surface area (TPSA) is 73.1 Å². The molecule has 6 nitrogen and oxygen atoms in total. The Labute approximate surface area is 186 Å². The van der Waals surface area contributed by atoms with Gasteiger partial charge in [0.1, 0.15) is 5.82 Å². The van der Waals surface area contributed by atoms with Gasteiger partial charge in [-0.25, -0.2) is 18.6 Å². The Hall–Kier alpha value is -3.42. The van der Waals surface area contributed by atoms with E-state index in [1.807, 2.05) is 26.0 Å². The molecule has 0 radical (unpaired) electrons. The van der Waals surface area contributed by atoms with E-state index in [4.69, 9.17) is 4.98 Å². The van der Waals surface area contributed by atoms with Crippen LogP contribution in [0.3, 0.4) is 0 Å². The minimum absolute atomic E-state index is 0.0782. The molecule has 2 amide bonds. The molecule has 168 valence electrons. The number of fused-ring (bicyclic) bond motifs is 1. The van der Waals surface area contributed by atoms with Crippen molar-refractivity contribution in [3.63, 3.8) is 0 Å². The van der Waals surface area contributed by atoms with Crippen molar-refractivity contribution in [3.8, 4) is 11.3 Å². The Balaban J connectivity index is 1.71. The van der Waals surface area contributed by atoms with Crippen molar-refractivity contribution in [1.82, 2.24) is 9.97 Å². The number of hydrogen-bond donors (Lipinski definition) is 3. The summed E-state index contributed by atoms with van der Waals surface area (Å²) in [6.45, 7) is 7.99. The van der Waals surface area contributed by atoms with Crippen LogP contribution < -0.4 is 15.5 Å². The minimum atomic E-state index is -2.95. The van der Waals surface area contributed by atoms with Crippen molar-refractivity contribution in [2.75, 3.05) is 28.6 Å². The fourth-order valence-electron chi connectivity index (χ4n) is 3.74. The maximum atomic E-state index is 13.8. The highest BCUT2D eigenvalue weighted by molar-refractivity contribution is 6.03. The van der Waals surface area contributed by atoms with Crippen LogP contribution in [0, 0.1) is 19.8 Å². The molecule has 4 rings (SSSR count). The third-order valence-corrected chi connectivity index (χ3v) is 5.69. The predicted molar refractivity (Wildman–Crippen MR) is 124 cm³/mol. The number of rotatable bonds is 3. The Bertz CT molecular complexity index is 1130. The molecule has 1 atom stereocenters. The smallest absolute Gasteiger partial charge is 0.328 e. The van der Waals surface area contributed by atoms with Gasteiger partial charge in [-0.1, -0.05) is 25.1 Å². The van der Waals surface area contributed by atoms with Crippen molar-refractivity contribution in [2.24, 2.45) is 5.92 Å². The summed E-state index contributed by atoms with van der Waals surface area (Å²) in [5, 5.41) is 6.25. The van der Waals surface area contributed by atoms with Crippen LogP contribution in [0.2, 0.25) is 0 Å². The average molecular weight is 440 g/mol. The van der Waals surface area contributed by atoms with Gasteiger partial charge in [0.25, 0.3) is 5.92 Å². The maximum absolute atomic E-state index is 13.8. The average Bonchev–Trinajstić information content (AvgIpc) is 2.96. The van der Waals surface area contributed by atoms with Gasteiger partial charge in [0.05, 0.1) is 11.4 Å². The van der Waals surface area contributed by atoms with Gasteiger partial charge in [-0.15, -0.1) is 0 Å². The van der Waals surface area contributed by atoms with Crippen molar-refractivity contribution in [2.45, 2.75) is 33.6 Å². The highest BCUT2D eigenvalue weighted by Crippen LogP contribution is 2.34. The number of urea groups is 1. The molecule has 0 fully saturated rings. The second-order valence-electron chi connectivity index (χ2n) is 8.55.